The SMILES string of the molecule is COc1cc(C23CN4CN(C2)CC(c2cc(OC)c(OC)c(OC)c2)(C4)C3=O)cc(CO)c1OC. The maximum absolute atomic E-state index is 14.6. The van der Waals surface area contributed by atoms with Crippen LogP contribution in [0.4, 0.5) is 0 Å². The fraction of sp³-hybridized carbons (Fsp3) is 0.500. The van der Waals surface area contributed by atoms with Crippen molar-refractivity contribution < 1.29 is 33.6 Å². The van der Waals surface area contributed by atoms with Gasteiger partial charge in [-0.2, -0.15) is 0 Å². The minimum Gasteiger partial charge on any atom is -0.493 e. The Labute approximate surface area is 205 Å². The number of carbonyl (C=O) groups is 1. The second-order valence-electron chi connectivity index (χ2n) is 9.55. The first-order valence-corrected chi connectivity index (χ1v) is 11.6. The van der Waals surface area contributed by atoms with Crippen LogP contribution in [-0.4, -0.2) is 89.1 Å². The zero-order valence-electron chi connectivity index (χ0n) is 20.8. The molecule has 0 radical (unpaired) electrons. The molecule has 35 heavy (non-hydrogen) atoms. The normalized spacial score (nSPS) is 28.7. The Morgan fingerprint density at radius 3 is 1.54 bits per heavy atom. The van der Waals surface area contributed by atoms with Crippen molar-refractivity contribution in [2.75, 3.05) is 68.4 Å². The molecule has 4 saturated heterocycles. The lowest BCUT2D eigenvalue weighted by Gasteiger charge is -2.63. The quantitative estimate of drug-likeness (QED) is 0.600. The number of carbonyl (C=O) groups excluding carboxylic acids is 1. The van der Waals surface area contributed by atoms with Crippen LogP contribution < -0.4 is 23.7 Å². The van der Waals surface area contributed by atoms with E-state index in [1.54, 1.807) is 35.5 Å². The Hall–Kier alpha value is -3.01. The molecule has 2 aromatic carbocycles. The average molecular weight is 485 g/mol. The first-order valence-electron chi connectivity index (χ1n) is 11.6. The van der Waals surface area contributed by atoms with E-state index in [2.05, 4.69) is 9.80 Å². The summed E-state index contributed by atoms with van der Waals surface area (Å²) in [5.74, 6) is 2.69. The van der Waals surface area contributed by atoms with Crippen molar-refractivity contribution in [1.82, 2.24) is 9.80 Å². The van der Waals surface area contributed by atoms with Crippen LogP contribution in [0.3, 0.4) is 0 Å². The van der Waals surface area contributed by atoms with Crippen LogP contribution in [0.25, 0.3) is 0 Å². The molecule has 4 aliphatic rings. The molecule has 4 bridgehead atoms. The van der Waals surface area contributed by atoms with E-state index >= 15 is 0 Å². The van der Waals surface area contributed by atoms with E-state index in [0.29, 0.717) is 60.5 Å². The van der Waals surface area contributed by atoms with Crippen LogP contribution in [0.15, 0.2) is 24.3 Å². The topological polar surface area (TPSA) is 89.9 Å². The van der Waals surface area contributed by atoms with Gasteiger partial charge in [0.05, 0.1) is 59.7 Å². The number of methoxy groups -OCH3 is 5. The summed E-state index contributed by atoms with van der Waals surface area (Å²) >= 11 is 0. The van der Waals surface area contributed by atoms with Gasteiger partial charge in [-0.15, -0.1) is 0 Å². The first kappa shape index (κ1) is 23.7. The lowest BCUT2D eigenvalue weighted by Crippen LogP contribution is -2.79. The van der Waals surface area contributed by atoms with E-state index in [1.807, 2.05) is 24.3 Å². The fourth-order valence-corrected chi connectivity index (χ4v) is 6.39. The van der Waals surface area contributed by atoms with Gasteiger partial charge >= 0.3 is 0 Å². The molecule has 0 spiro atoms. The molecule has 0 saturated carbocycles. The molecule has 1 N–H and O–H groups in total. The molecule has 4 aliphatic heterocycles. The molecular formula is C26H32N2O7. The monoisotopic (exact) mass is 484 g/mol. The molecule has 2 aromatic rings. The number of aliphatic hydroxyl groups excluding tert-OH is 1. The van der Waals surface area contributed by atoms with Crippen LogP contribution in [-0.2, 0) is 22.2 Å². The highest BCUT2D eigenvalue weighted by molar-refractivity contribution is 6.02. The third kappa shape index (κ3) is 3.29. The maximum Gasteiger partial charge on any atom is 0.203 e. The molecule has 188 valence electrons. The zero-order chi connectivity index (χ0) is 25.0. The number of benzene rings is 2. The van der Waals surface area contributed by atoms with Crippen molar-refractivity contribution in [2.45, 2.75) is 17.4 Å². The summed E-state index contributed by atoms with van der Waals surface area (Å²) in [5.41, 5.74) is 0.720. The molecule has 4 fully saturated rings. The smallest absolute Gasteiger partial charge is 0.203 e. The van der Waals surface area contributed by atoms with Crippen molar-refractivity contribution in [3.8, 4) is 28.7 Å². The average Bonchev–Trinajstić information content (AvgIpc) is 2.89. The molecule has 9 nitrogen and oxygen atoms in total. The Bertz CT molecular complexity index is 1010. The fourth-order valence-electron chi connectivity index (χ4n) is 6.39. The number of piperidine rings is 2. The minimum atomic E-state index is -0.779. The van der Waals surface area contributed by atoms with Gasteiger partial charge in [0.2, 0.25) is 5.75 Å². The Morgan fingerprint density at radius 2 is 1.14 bits per heavy atom. The van der Waals surface area contributed by atoms with Gasteiger partial charge in [0, 0.05) is 31.7 Å². The van der Waals surface area contributed by atoms with Crippen molar-refractivity contribution >= 4 is 5.78 Å². The number of aliphatic hydroxyl groups is 1. The van der Waals surface area contributed by atoms with Gasteiger partial charge in [-0.25, -0.2) is 0 Å². The third-order valence-corrected chi connectivity index (χ3v) is 7.74. The second-order valence-corrected chi connectivity index (χ2v) is 9.55. The molecule has 0 aromatic heterocycles. The van der Waals surface area contributed by atoms with Gasteiger partial charge in [0.15, 0.2) is 28.8 Å². The predicted molar refractivity (Wildman–Crippen MR) is 128 cm³/mol. The van der Waals surface area contributed by atoms with Crippen LogP contribution in [0.1, 0.15) is 16.7 Å². The number of hydrogen-bond donors (Lipinski definition) is 1. The van der Waals surface area contributed by atoms with Gasteiger partial charge in [0.25, 0.3) is 0 Å². The van der Waals surface area contributed by atoms with Crippen LogP contribution >= 0.6 is 0 Å². The lowest BCUT2D eigenvalue weighted by atomic mass is 9.56. The van der Waals surface area contributed by atoms with Crippen LogP contribution in [0.2, 0.25) is 0 Å². The molecular weight excluding hydrogens is 452 g/mol. The van der Waals surface area contributed by atoms with Crippen molar-refractivity contribution in [1.29, 1.82) is 0 Å². The summed E-state index contributed by atoms with van der Waals surface area (Å²) in [5, 5.41) is 10.1. The van der Waals surface area contributed by atoms with E-state index in [1.165, 1.54) is 0 Å². The number of Topliss-reactive ketones (excluding diaryl/α,β-unsaturated/α-hetero) is 1. The van der Waals surface area contributed by atoms with Crippen molar-refractivity contribution in [3.63, 3.8) is 0 Å². The first-order chi connectivity index (χ1) is 16.9. The molecule has 9 heteroatoms. The van der Waals surface area contributed by atoms with E-state index in [0.717, 1.165) is 17.8 Å². The second kappa shape index (κ2) is 8.58. The molecule has 4 heterocycles. The highest BCUT2D eigenvalue weighted by atomic mass is 16.5. The number of ether oxygens (including phenoxy) is 5. The predicted octanol–water partition coefficient (Wildman–Crippen LogP) is 1.57. The maximum atomic E-state index is 14.6. The molecule has 6 rings (SSSR count). The summed E-state index contributed by atoms with van der Waals surface area (Å²) in [6.07, 6.45) is 0. The number of rotatable bonds is 8. The van der Waals surface area contributed by atoms with Crippen molar-refractivity contribution in [3.05, 3.63) is 41.0 Å². The van der Waals surface area contributed by atoms with Gasteiger partial charge in [-0.1, -0.05) is 0 Å². The van der Waals surface area contributed by atoms with Gasteiger partial charge in [-0.3, -0.25) is 14.6 Å². The third-order valence-electron chi connectivity index (χ3n) is 7.74. The number of ketones is 1. The summed E-state index contributed by atoms with van der Waals surface area (Å²) in [7, 11) is 7.84. The van der Waals surface area contributed by atoms with E-state index in [4.69, 9.17) is 23.7 Å². The van der Waals surface area contributed by atoms with E-state index in [-0.39, 0.29) is 12.4 Å². The standard InChI is InChI=1S/C26H32N2O7/c1-31-19-7-17(6-16(10-29)22(19)34-4)25-11-27-13-26(24(25)30,14-28(12-25)15-27)18-8-20(32-2)23(35-5)21(9-18)33-3/h6-9,29H,10-15H2,1-5H3. The van der Waals surface area contributed by atoms with Crippen LogP contribution in [0, 0.1) is 0 Å². The number of nitrogens with zero attached hydrogens (tertiary/aromatic N) is 2. The zero-order valence-corrected chi connectivity index (χ0v) is 20.8. The highest BCUT2D eigenvalue weighted by Crippen LogP contribution is 2.52. The van der Waals surface area contributed by atoms with E-state index in [9.17, 15) is 9.90 Å². The number of hydrogen-bond acceptors (Lipinski definition) is 9. The summed E-state index contributed by atoms with van der Waals surface area (Å²) in [6, 6.07) is 7.57. The Balaban J connectivity index is 1.69. The van der Waals surface area contributed by atoms with E-state index < -0.39 is 10.8 Å². The molecule has 2 unspecified atom stereocenters. The van der Waals surface area contributed by atoms with Gasteiger partial charge in [-0.05, 0) is 35.4 Å². The Morgan fingerprint density at radius 1 is 0.714 bits per heavy atom. The van der Waals surface area contributed by atoms with Crippen LogP contribution in [0.5, 0.6) is 28.7 Å². The van der Waals surface area contributed by atoms with Gasteiger partial charge in [0.1, 0.15) is 0 Å². The molecule has 2 atom stereocenters. The Kier molecular flexibility index (Phi) is 5.82. The summed E-state index contributed by atoms with van der Waals surface area (Å²) in [4.78, 5) is 19.3. The molecule has 0 aliphatic carbocycles. The summed E-state index contributed by atoms with van der Waals surface area (Å²) in [6.45, 7) is 3.03. The molecule has 0 amide bonds. The van der Waals surface area contributed by atoms with Gasteiger partial charge < -0.3 is 28.8 Å². The largest absolute Gasteiger partial charge is 0.493 e. The van der Waals surface area contributed by atoms with Crippen molar-refractivity contribution in [2.24, 2.45) is 0 Å². The highest BCUT2D eigenvalue weighted by Gasteiger charge is 2.64. The lowest BCUT2D eigenvalue weighted by molar-refractivity contribution is -0.159. The summed E-state index contributed by atoms with van der Waals surface area (Å²) < 4.78 is 27.8. The minimum absolute atomic E-state index is 0.155.